The quantitative estimate of drug-likeness (QED) is 0.148. The summed E-state index contributed by atoms with van der Waals surface area (Å²) in [6.45, 7) is 2.98. The van der Waals surface area contributed by atoms with Crippen LogP contribution in [0.15, 0.2) is 60.9 Å². The first kappa shape index (κ1) is 38.6. The van der Waals surface area contributed by atoms with E-state index in [9.17, 15) is 19.2 Å². The molecule has 3 aliphatic rings. The van der Waals surface area contributed by atoms with E-state index in [4.69, 9.17) is 19.2 Å². The summed E-state index contributed by atoms with van der Waals surface area (Å²) < 4.78 is 14.9. The maximum absolute atomic E-state index is 13.6. The van der Waals surface area contributed by atoms with Crippen molar-refractivity contribution in [1.82, 2.24) is 40.4 Å². The molecule has 4 N–H and O–H groups in total. The van der Waals surface area contributed by atoms with Gasteiger partial charge in [-0.3, -0.25) is 9.59 Å². The van der Waals surface area contributed by atoms with Crippen molar-refractivity contribution in [2.24, 2.45) is 5.92 Å². The zero-order chi connectivity index (χ0) is 39.3. The van der Waals surface area contributed by atoms with Crippen LogP contribution < -0.4 is 10.6 Å². The normalized spacial score (nSPS) is 21.8. The van der Waals surface area contributed by atoms with Crippen molar-refractivity contribution in [2.45, 2.75) is 82.1 Å². The monoisotopic (exact) mass is 766 g/mol. The zero-order valence-electron chi connectivity index (χ0n) is 32.2. The van der Waals surface area contributed by atoms with Gasteiger partial charge in [0.2, 0.25) is 11.8 Å². The number of benzene rings is 2. The van der Waals surface area contributed by atoms with Crippen LogP contribution in [0.1, 0.15) is 75.6 Å². The molecule has 296 valence electrons. The number of rotatable bonds is 11. The summed E-state index contributed by atoms with van der Waals surface area (Å²) in [5.74, 6) is 1.26. The Labute approximate surface area is 325 Å². The van der Waals surface area contributed by atoms with Crippen LogP contribution in [0.2, 0.25) is 0 Å². The second kappa shape index (κ2) is 17.0. The standard InChI is InChI=1S/C41H50N8O7/c1-24(54-2)35(47-41(53)56-4)39(51)49-20-6-8-34(49)37-43-23-32(46-37)28-15-11-26(12-16-28)25-9-13-27(14-10-25)31-22-42-36(45-31)33-7-5-19-48(33)38(50)29-17-18-30(21-29)44-40(52)55-3/h9-16,22-24,29-30,33-35H,5-8,17-21H2,1-4H3,(H,42,45)(H,43,46)(H,44,52)(H,47,53)/t24-,29?,30?,33-,34-,35-/m0/s1. The van der Waals surface area contributed by atoms with Crippen LogP contribution in [0.5, 0.6) is 0 Å². The van der Waals surface area contributed by atoms with Gasteiger partial charge in [0, 0.05) is 32.2 Å². The Morgan fingerprint density at radius 3 is 1.77 bits per heavy atom. The van der Waals surface area contributed by atoms with Crippen LogP contribution >= 0.6 is 0 Å². The number of carbonyl (C=O) groups excluding carboxylic acids is 4. The average Bonchev–Trinajstić information content (AvgIpc) is 4.08. The minimum Gasteiger partial charge on any atom is -0.453 e. The summed E-state index contributed by atoms with van der Waals surface area (Å²) in [5.41, 5.74) is 5.83. The fourth-order valence-corrected chi connectivity index (χ4v) is 8.30. The molecule has 0 spiro atoms. The van der Waals surface area contributed by atoms with Crippen LogP contribution in [0.3, 0.4) is 0 Å². The number of imidazole rings is 2. The molecule has 2 aromatic heterocycles. The third-order valence-corrected chi connectivity index (χ3v) is 11.5. The highest BCUT2D eigenvalue weighted by Gasteiger charge is 2.40. The molecule has 1 saturated carbocycles. The zero-order valence-corrected chi connectivity index (χ0v) is 32.2. The van der Waals surface area contributed by atoms with Crippen LogP contribution in [-0.2, 0) is 23.8 Å². The second-order valence-electron chi connectivity index (χ2n) is 14.8. The number of aromatic amines is 2. The van der Waals surface area contributed by atoms with E-state index in [0.717, 1.165) is 78.0 Å². The highest BCUT2D eigenvalue weighted by molar-refractivity contribution is 5.87. The van der Waals surface area contributed by atoms with Crippen LogP contribution in [0, 0.1) is 5.92 Å². The first-order chi connectivity index (χ1) is 27.2. The van der Waals surface area contributed by atoms with Crippen molar-refractivity contribution >= 4 is 24.0 Å². The van der Waals surface area contributed by atoms with Gasteiger partial charge in [-0.2, -0.15) is 0 Å². The number of amides is 4. The number of nitrogens with one attached hydrogen (secondary N) is 4. The lowest BCUT2D eigenvalue weighted by molar-refractivity contribution is -0.138. The van der Waals surface area contributed by atoms with Crippen molar-refractivity contribution in [3.8, 4) is 33.6 Å². The molecule has 15 nitrogen and oxygen atoms in total. The maximum atomic E-state index is 13.6. The second-order valence-corrected chi connectivity index (χ2v) is 14.8. The molecule has 2 aliphatic heterocycles. The number of nitrogens with zero attached hydrogens (tertiary/aromatic N) is 4. The van der Waals surface area contributed by atoms with Crippen molar-refractivity contribution in [3.05, 3.63) is 72.6 Å². The van der Waals surface area contributed by atoms with Crippen LogP contribution in [0.4, 0.5) is 9.59 Å². The molecule has 3 fully saturated rings. The topological polar surface area (TPSA) is 184 Å². The molecule has 1 aliphatic carbocycles. The molecular formula is C41H50N8O7. The summed E-state index contributed by atoms with van der Waals surface area (Å²) in [7, 11) is 4.11. The van der Waals surface area contributed by atoms with Crippen LogP contribution in [0.25, 0.3) is 33.6 Å². The molecule has 2 aromatic carbocycles. The fourth-order valence-electron chi connectivity index (χ4n) is 8.30. The Balaban J connectivity index is 0.977. The molecule has 4 aromatic rings. The Kier molecular flexibility index (Phi) is 11.7. The number of carbonyl (C=O) groups is 4. The Hall–Kier alpha value is -5.70. The van der Waals surface area contributed by atoms with E-state index in [-0.39, 0.29) is 35.9 Å². The highest BCUT2D eigenvalue weighted by Crippen LogP contribution is 2.37. The first-order valence-electron chi connectivity index (χ1n) is 19.3. The predicted molar refractivity (Wildman–Crippen MR) is 207 cm³/mol. The number of ether oxygens (including phenoxy) is 3. The van der Waals surface area contributed by atoms with E-state index in [0.29, 0.717) is 25.3 Å². The molecular weight excluding hydrogens is 716 g/mol. The number of likely N-dealkylation sites (tertiary alicyclic amines) is 2. The molecule has 15 heteroatoms. The van der Waals surface area contributed by atoms with Crippen molar-refractivity contribution in [2.75, 3.05) is 34.4 Å². The SMILES string of the molecule is COC(=O)NC1CCC(C(=O)N2CCC[C@H]2c2ncc(-c3ccc(-c4ccc(-c5cnc([C@@H]6CCCN6C(=O)[C@@H](NC(=O)OC)[C@H](C)OC)[nH]5)cc4)cc3)[nH]2)C1. The molecule has 7 rings (SSSR count). The number of H-pyrrole nitrogens is 2. The minimum absolute atomic E-state index is 0.0451. The molecule has 6 atom stereocenters. The highest BCUT2D eigenvalue weighted by atomic mass is 16.5. The van der Waals surface area contributed by atoms with Crippen molar-refractivity contribution in [1.29, 1.82) is 0 Å². The predicted octanol–water partition coefficient (Wildman–Crippen LogP) is 5.75. The van der Waals surface area contributed by atoms with Gasteiger partial charge >= 0.3 is 12.2 Å². The van der Waals surface area contributed by atoms with E-state index in [1.165, 1.54) is 21.3 Å². The van der Waals surface area contributed by atoms with Gasteiger partial charge in [0.15, 0.2) is 0 Å². The van der Waals surface area contributed by atoms with E-state index >= 15 is 0 Å². The molecule has 2 unspecified atom stereocenters. The minimum atomic E-state index is -0.892. The average molecular weight is 767 g/mol. The summed E-state index contributed by atoms with van der Waals surface area (Å²) in [4.78, 5) is 70.8. The lowest BCUT2D eigenvalue weighted by atomic mass is 10.0. The van der Waals surface area contributed by atoms with Gasteiger partial charge in [-0.15, -0.1) is 0 Å². The van der Waals surface area contributed by atoms with Gasteiger partial charge in [-0.1, -0.05) is 48.5 Å². The molecule has 56 heavy (non-hydrogen) atoms. The van der Waals surface area contributed by atoms with Gasteiger partial charge in [0.1, 0.15) is 17.7 Å². The summed E-state index contributed by atoms with van der Waals surface area (Å²) in [6.07, 6.45) is 7.40. The Bertz CT molecular complexity index is 2010. The van der Waals surface area contributed by atoms with E-state index in [2.05, 4.69) is 62.0 Å². The molecule has 0 radical (unpaired) electrons. The fraction of sp³-hybridized carbons (Fsp3) is 0.463. The lowest BCUT2D eigenvalue weighted by Crippen LogP contribution is -2.54. The maximum Gasteiger partial charge on any atom is 0.407 e. The van der Waals surface area contributed by atoms with Crippen molar-refractivity contribution in [3.63, 3.8) is 0 Å². The number of hydrogen-bond donors (Lipinski definition) is 4. The first-order valence-corrected chi connectivity index (χ1v) is 19.3. The number of methoxy groups -OCH3 is 3. The Morgan fingerprint density at radius 1 is 0.714 bits per heavy atom. The van der Waals surface area contributed by atoms with Crippen LogP contribution in [-0.4, -0.2) is 106 Å². The van der Waals surface area contributed by atoms with E-state index < -0.39 is 24.3 Å². The van der Waals surface area contributed by atoms with Gasteiger partial charge in [0.05, 0.1) is 56.2 Å². The van der Waals surface area contributed by atoms with Gasteiger partial charge in [-0.25, -0.2) is 19.6 Å². The number of aromatic nitrogens is 4. The van der Waals surface area contributed by atoms with Crippen molar-refractivity contribution < 1.29 is 33.4 Å². The molecule has 2 saturated heterocycles. The largest absolute Gasteiger partial charge is 0.453 e. The Morgan fingerprint density at radius 2 is 1.23 bits per heavy atom. The molecule has 0 bridgehead atoms. The third-order valence-electron chi connectivity index (χ3n) is 11.5. The summed E-state index contributed by atoms with van der Waals surface area (Å²) in [6, 6.07) is 15.3. The van der Waals surface area contributed by atoms with Gasteiger partial charge in [-0.05, 0) is 74.1 Å². The number of alkyl carbamates (subject to hydrolysis) is 2. The lowest BCUT2D eigenvalue weighted by Gasteiger charge is -2.30. The molecule has 4 amide bonds. The summed E-state index contributed by atoms with van der Waals surface area (Å²) >= 11 is 0. The smallest absolute Gasteiger partial charge is 0.407 e. The third kappa shape index (κ3) is 8.13. The van der Waals surface area contributed by atoms with E-state index in [1.54, 1.807) is 18.0 Å². The van der Waals surface area contributed by atoms with Gasteiger partial charge in [0.25, 0.3) is 0 Å². The molecule has 4 heterocycles. The number of hydrogen-bond acceptors (Lipinski definition) is 9. The van der Waals surface area contributed by atoms with Gasteiger partial charge < -0.3 is 44.6 Å². The summed E-state index contributed by atoms with van der Waals surface area (Å²) in [5, 5.41) is 5.46. The van der Waals surface area contributed by atoms with E-state index in [1.807, 2.05) is 23.2 Å².